The molecule has 7 atom stereocenters. The van der Waals surface area contributed by atoms with Crippen LogP contribution in [0.25, 0.3) is 0 Å². The Bertz CT molecular complexity index is 1530. The summed E-state index contributed by atoms with van der Waals surface area (Å²) in [6.07, 6.45) is 4.62. The van der Waals surface area contributed by atoms with Crippen LogP contribution in [0.15, 0.2) is 79.9 Å². The van der Waals surface area contributed by atoms with Crippen molar-refractivity contribution in [1.29, 1.82) is 0 Å². The van der Waals surface area contributed by atoms with Gasteiger partial charge in [0, 0.05) is 41.7 Å². The summed E-state index contributed by atoms with van der Waals surface area (Å²) in [5.41, 5.74) is -0.0179. The standard InChI is InChI=1S/C37H43BrClN3O7/c1-3-5-14-29(44)40-23-28(24-12-8-6-9-13-24)48-36(47)30-31-34(45)42(20-10-7-11-21-43)33(37(31)22-27(38)32(30)49-37)35(46)41(19-4-2)26-17-15-25(39)16-18-26/h3-4,6,8-9,12-13,15-18,27-28,30-33,43H,1-2,5,7,10-11,14,19-23H2,(H,40,44)/t27?,28-,30+,31-,32+,33+,37-/m1/s1. The molecule has 12 heteroatoms. The zero-order chi connectivity index (χ0) is 35.1. The predicted molar refractivity (Wildman–Crippen MR) is 190 cm³/mol. The van der Waals surface area contributed by atoms with Crippen molar-refractivity contribution in [3.05, 3.63) is 90.5 Å². The van der Waals surface area contributed by atoms with E-state index in [2.05, 4.69) is 34.4 Å². The Balaban J connectivity index is 1.47. The zero-order valence-corrected chi connectivity index (χ0v) is 29.7. The Kier molecular flexibility index (Phi) is 12.4. The number of hydrogen-bond acceptors (Lipinski definition) is 7. The number of anilines is 1. The Labute approximate surface area is 300 Å². The lowest BCUT2D eigenvalue weighted by Gasteiger charge is -2.37. The number of ether oxygens (including phenoxy) is 2. The van der Waals surface area contributed by atoms with Crippen LogP contribution in [0.5, 0.6) is 0 Å². The highest BCUT2D eigenvalue weighted by atomic mass is 79.9. The number of nitrogens with one attached hydrogen (secondary N) is 1. The number of rotatable bonds is 17. The van der Waals surface area contributed by atoms with E-state index in [1.165, 1.54) is 0 Å². The van der Waals surface area contributed by atoms with Crippen LogP contribution in [-0.2, 0) is 28.7 Å². The maximum absolute atomic E-state index is 14.7. The molecule has 3 fully saturated rings. The average Bonchev–Trinajstić information content (AvgIpc) is 3.70. The number of likely N-dealkylation sites (tertiary alicyclic amines) is 1. The summed E-state index contributed by atoms with van der Waals surface area (Å²) in [6.45, 7) is 8.01. The van der Waals surface area contributed by atoms with Gasteiger partial charge in [-0.05, 0) is 61.9 Å². The van der Waals surface area contributed by atoms with E-state index in [0.29, 0.717) is 48.4 Å². The molecule has 0 aromatic heterocycles. The van der Waals surface area contributed by atoms with E-state index in [9.17, 15) is 24.3 Å². The number of hydrogen-bond donors (Lipinski definition) is 2. The van der Waals surface area contributed by atoms with Crippen LogP contribution >= 0.6 is 27.5 Å². The highest BCUT2D eigenvalue weighted by molar-refractivity contribution is 9.09. The molecule has 262 valence electrons. The summed E-state index contributed by atoms with van der Waals surface area (Å²) in [4.78, 5) is 58.8. The van der Waals surface area contributed by atoms with Crippen molar-refractivity contribution in [3.63, 3.8) is 0 Å². The maximum atomic E-state index is 14.7. The molecule has 2 aromatic carbocycles. The van der Waals surface area contributed by atoms with Crippen molar-refractivity contribution in [3.8, 4) is 0 Å². The molecule has 3 aliphatic heterocycles. The van der Waals surface area contributed by atoms with E-state index in [-0.39, 0.29) is 55.2 Å². The summed E-state index contributed by atoms with van der Waals surface area (Å²) in [6, 6.07) is 14.9. The first-order valence-electron chi connectivity index (χ1n) is 16.7. The third kappa shape index (κ3) is 7.65. The van der Waals surface area contributed by atoms with Gasteiger partial charge in [0.1, 0.15) is 17.7 Å². The Morgan fingerprint density at radius 1 is 1.12 bits per heavy atom. The topological polar surface area (TPSA) is 125 Å². The molecule has 2 aromatic rings. The predicted octanol–water partition coefficient (Wildman–Crippen LogP) is 5.14. The number of aliphatic hydroxyl groups is 1. The van der Waals surface area contributed by atoms with Crippen molar-refractivity contribution in [1.82, 2.24) is 10.2 Å². The van der Waals surface area contributed by atoms with Crippen LogP contribution in [-0.4, -0.2) is 82.5 Å². The van der Waals surface area contributed by atoms with Gasteiger partial charge in [0.2, 0.25) is 11.8 Å². The minimum Gasteiger partial charge on any atom is -0.455 e. The van der Waals surface area contributed by atoms with E-state index in [1.54, 1.807) is 46.2 Å². The number of unbranched alkanes of at least 4 members (excludes halogenated alkanes) is 2. The number of aliphatic hydroxyl groups excluding tert-OH is 1. The van der Waals surface area contributed by atoms with Crippen LogP contribution in [0.1, 0.15) is 50.2 Å². The molecule has 3 heterocycles. The molecule has 3 amide bonds. The zero-order valence-electron chi connectivity index (χ0n) is 27.3. The molecule has 49 heavy (non-hydrogen) atoms. The Hall–Kier alpha value is -3.51. The van der Waals surface area contributed by atoms with Gasteiger partial charge in [-0.25, -0.2) is 0 Å². The van der Waals surface area contributed by atoms with Gasteiger partial charge < -0.3 is 29.7 Å². The summed E-state index contributed by atoms with van der Waals surface area (Å²) < 4.78 is 12.8. The molecule has 3 aliphatic rings. The maximum Gasteiger partial charge on any atom is 0.313 e. The monoisotopic (exact) mass is 755 g/mol. The van der Waals surface area contributed by atoms with Gasteiger partial charge in [-0.1, -0.05) is 70.0 Å². The molecular weight excluding hydrogens is 714 g/mol. The fourth-order valence-corrected chi connectivity index (χ4v) is 8.42. The summed E-state index contributed by atoms with van der Waals surface area (Å²) in [5, 5.41) is 12.7. The Morgan fingerprint density at radius 3 is 2.53 bits per heavy atom. The van der Waals surface area contributed by atoms with Gasteiger partial charge >= 0.3 is 5.97 Å². The third-order valence-corrected chi connectivity index (χ3v) is 10.7. The largest absolute Gasteiger partial charge is 0.455 e. The highest BCUT2D eigenvalue weighted by Crippen LogP contribution is 2.60. The molecule has 5 rings (SSSR count). The number of nitrogens with zero attached hydrogens (tertiary/aromatic N) is 2. The summed E-state index contributed by atoms with van der Waals surface area (Å²) in [5.74, 6) is -3.46. The number of allylic oxidation sites excluding steroid dienone is 1. The van der Waals surface area contributed by atoms with Gasteiger partial charge in [-0.15, -0.1) is 13.2 Å². The van der Waals surface area contributed by atoms with Crippen LogP contribution in [0.4, 0.5) is 5.69 Å². The van der Waals surface area contributed by atoms with Gasteiger partial charge in [-0.3, -0.25) is 19.2 Å². The van der Waals surface area contributed by atoms with Crippen molar-refractivity contribution >= 4 is 56.9 Å². The molecule has 3 saturated heterocycles. The number of halogens is 2. The molecule has 10 nitrogen and oxygen atoms in total. The molecule has 1 unspecified atom stereocenters. The highest BCUT2D eigenvalue weighted by Gasteiger charge is 2.77. The summed E-state index contributed by atoms with van der Waals surface area (Å²) in [7, 11) is 0. The van der Waals surface area contributed by atoms with Crippen LogP contribution in [0, 0.1) is 11.8 Å². The first-order valence-corrected chi connectivity index (χ1v) is 18.0. The van der Waals surface area contributed by atoms with E-state index in [4.69, 9.17) is 21.1 Å². The van der Waals surface area contributed by atoms with E-state index in [0.717, 1.165) is 0 Å². The number of benzene rings is 2. The number of esters is 1. The van der Waals surface area contributed by atoms with Gasteiger partial charge in [0.15, 0.2) is 0 Å². The van der Waals surface area contributed by atoms with Crippen LogP contribution in [0.2, 0.25) is 5.02 Å². The fraction of sp³-hybridized carbons (Fsp3) is 0.459. The number of amides is 3. The molecular formula is C37H43BrClN3O7. The quantitative estimate of drug-likeness (QED) is 0.0993. The molecule has 0 aliphatic carbocycles. The van der Waals surface area contributed by atoms with E-state index in [1.807, 2.05) is 30.3 Å². The molecule has 1 spiro atoms. The second-order valence-corrected chi connectivity index (χ2v) is 14.3. The lowest BCUT2D eigenvalue weighted by atomic mass is 9.70. The Morgan fingerprint density at radius 2 is 1.86 bits per heavy atom. The van der Waals surface area contributed by atoms with Gasteiger partial charge in [0.25, 0.3) is 5.91 Å². The summed E-state index contributed by atoms with van der Waals surface area (Å²) >= 11 is 9.87. The smallest absolute Gasteiger partial charge is 0.313 e. The van der Waals surface area contributed by atoms with Crippen LogP contribution in [0.3, 0.4) is 0 Å². The van der Waals surface area contributed by atoms with E-state index >= 15 is 0 Å². The number of carbonyl (C=O) groups excluding carboxylic acids is 4. The first kappa shape index (κ1) is 36.8. The minimum atomic E-state index is -1.29. The van der Waals surface area contributed by atoms with Crippen molar-refractivity contribution in [2.24, 2.45) is 11.8 Å². The molecule has 2 bridgehead atoms. The third-order valence-electron chi connectivity index (χ3n) is 9.56. The van der Waals surface area contributed by atoms with Gasteiger partial charge in [-0.2, -0.15) is 0 Å². The molecule has 0 saturated carbocycles. The average molecular weight is 757 g/mol. The van der Waals surface area contributed by atoms with Crippen molar-refractivity contribution in [2.45, 2.75) is 67.2 Å². The minimum absolute atomic E-state index is 0.0216. The fourth-order valence-electron chi connectivity index (χ4n) is 7.35. The lowest BCUT2D eigenvalue weighted by Crippen LogP contribution is -2.57. The van der Waals surface area contributed by atoms with Gasteiger partial charge in [0.05, 0.1) is 24.5 Å². The lowest BCUT2D eigenvalue weighted by molar-refractivity contribution is -0.160. The van der Waals surface area contributed by atoms with Crippen molar-refractivity contribution in [2.75, 3.05) is 31.1 Å². The number of alkyl halides is 1. The second-order valence-electron chi connectivity index (χ2n) is 12.7. The number of carbonyl (C=O) groups is 4. The second kappa shape index (κ2) is 16.5. The first-order chi connectivity index (χ1) is 23.7. The van der Waals surface area contributed by atoms with Crippen molar-refractivity contribution < 1.29 is 33.8 Å². The van der Waals surface area contributed by atoms with E-state index < -0.39 is 41.7 Å². The normalized spacial score (nSPS) is 25.8. The SMILES string of the molecule is C=CCCC(=O)NC[C@@H](OC(=O)[C@@H]1[C@H]2O[C@@]3(CC2Br)[C@H](C(=O)N(CC=C)c2ccc(Cl)cc2)N(CCCCCO)C(=O)[C@@H]13)c1ccccc1. The molecule has 0 radical (unpaired) electrons. The number of fused-ring (bicyclic) bond motifs is 1. The molecule has 2 N–H and O–H groups in total. The van der Waals surface area contributed by atoms with Crippen LogP contribution < -0.4 is 10.2 Å².